The third-order valence-corrected chi connectivity index (χ3v) is 0.623. The van der Waals surface area contributed by atoms with Gasteiger partial charge in [0.2, 0.25) is 0 Å². The molecule has 0 aromatic rings. The van der Waals surface area contributed by atoms with E-state index in [4.69, 9.17) is 61.0 Å². The van der Waals surface area contributed by atoms with Gasteiger partial charge in [-0.3, -0.25) is 58.6 Å². The molecule has 0 bridgehead atoms. The van der Waals surface area contributed by atoms with E-state index in [1.807, 2.05) is 0 Å². The first-order valence-electron chi connectivity index (χ1n) is 6.38. The van der Waals surface area contributed by atoms with Crippen LogP contribution in [0.4, 0.5) is 0 Å². The summed E-state index contributed by atoms with van der Waals surface area (Å²) < 4.78 is 0. The quantitative estimate of drug-likeness (QED) is 0.117. The summed E-state index contributed by atoms with van der Waals surface area (Å²) in [7, 11) is 0. The molecule has 15 heteroatoms. The van der Waals surface area contributed by atoms with Gasteiger partial charge in [0.05, 0.1) is 0 Å². The van der Waals surface area contributed by atoms with Gasteiger partial charge in [0.25, 0.3) is 0 Å². The number of hydrogen-bond donors (Lipinski definition) is 7. The summed E-state index contributed by atoms with van der Waals surface area (Å²) in [6.07, 6.45) is 0. The monoisotopic (exact) mass is 476 g/mol. The second kappa shape index (κ2) is 50.2. The van der Waals surface area contributed by atoms with Crippen LogP contribution in [0, 0.1) is 34.6 Å². The van der Waals surface area contributed by atoms with Crippen molar-refractivity contribution in [1.29, 1.82) is 0 Å². The molecule has 0 fully saturated rings. The standard InChI is InChI=1S/C4H12N3.5C2H3O2.Mn.Na.H/c5-1-3-7-4-2-6;5*1-2(3)4;;;/h5,7H,1-4,6H2;5*1H2,(H,3,4);;;/q6*-1;;+1;-1. The van der Waals surface area contributed by atoms with Crippen LogP contribution in [0.15, 0.2) is 0 Å². The summed E-state index contributed by atoms with van der Waals surface area (Å²) >= 11 is 0. The number of aliphatic carboxylic acids is 5. The molecule has 0 aliphatic rings. The predicted molar refractivity (Wildman–Crippen MR) is 97.2 cm³/mol. The zero-order valence-corrected chi connectivity index (χ0v) is 19.3. The molecular weight excluding hydrogens is 448 g/mol. The number of nitrogens with one attached hydrogen (secondary N) is 2. The van der Waals surface area contributed by atoms with Crippen LogP contribution in [-0.4, -0.2) is 81.6 Å². The van der Waals surface area contributed by atoms with E-state index in [-0.39, 0.29) is 48.1 Å². The molecule has 1 radical (unpaired) electrons. The molecule has 173 valence electrons. The van der Waals surface area contributed by atoms with E-state index in [2.05, 4.69) is 39.9 Å². The summed E-state index contributed by atoms with van der Waals surface area (Å²) in [4.78, 5) is 44.4. The molecular formula is C14H28MnN3NaO10-6. The van der Waals surface area contributed by atoms with Crippen LogP contribution in [0.2, 0.25) is 0 Å². The minimum absolute atomic E-state index is 0. The van der Waals surface area contributed by atoms with Crippen LogP contribution in [-0.2, 0) is 41.0 Å². The Labute approximate surface area is 204 Å². The van der Waals surface area contributed by atoms with Crippen molar-refractivity contribution in [1.82, 2.24) is 5.32 Å². The van der Waals surface area contributed by atoms with Crippen molar-refractivity contribution in [2.24, 2.45) is 5.73 Å². The summed E-state index contributed by atoms with van der Waals surface area (Å²) in [5, 5.41) is 39.5. The Morgan fingerprint density at radius 2 is 0.897 bits per heavy atom. The Kier molecular flexibility index (Phi) is 87.6. The topological polar surface area (TPSA) is 248 Å². The van der Waals surface area contributed by atoms with Crippen molar-refractivity contribution in [3.8, 4) is 0 Å². The molecule has 0 aliphatic carbocycles. The predicted octanol–water partition coefficient (Wildman–Crippen LogP) is -3.77. The average molecular weight is 476 g/mol. The fourth-order valence-electron chi connectivity index (χ4n) is 0.315. The maximum Gasteiger partial charge on any atom is 1.00 e. The first-order chi connectivity index (χ1) is 12.1. The third-order valence-electron chi connectivity index (χ3n) is 0.623. The van der Waals surface area contributed by atoms with Gasteiger partial charge in [0, 0.05) is 30.2 Å². The Morgan fingerprint density at radius 1 is 0.724 bits per heavy atom. The Bertz CT molecular complexity index is 301. The summed E-state index contributed by atoms with van der Waals surface area (Å²) in [5.41, 5.74) is 11.8. The van der Waals surface area contributed by atoms with Gasteiger partial charge in [-0.2, -0.15) is 0 Å². The Balaban J connectivity index is -0.0000000251. The van der Waals surface area contributed by atoms with Crippen LogP contribution in [0.3, 0.4) is 0 Å². The van der Waals surface area contributed by atoms with Gasteiger partial charge in [0.15, 0.2) is 29.8 Å². The van der Waals surface area contributed by atoms with E-state index in [0.29, 0.717) is 13.1 Å². The van der Waals surface area contributed by atoms with E-state index in [1.54, 1.807) is 0 Å². The van der Waals surface area contributed by atoms with E-state index in [1.165, 1.54) is 0 Å². The van der Waals surface area contributed by atoms with Crippen molar-refractivity contribution in [3.63, 3.8) is 0 Å². The SMILES string of the molecule is [CH2-]C(=O)O.[CH2-]C(=O)O.[CH2-]C(=O)O.[CH2-]C(=O)O.[CH2-]C(=O)O.[H-].[Mn].[NH-]CCNCCN.[Na+]. The van der Waals surface area contributed by atoms with Crippen LogP contribution < -0.4 is 40.6 Å². The molecule has 0 unspecified atom stereocenters. The van der Waals surface area contributed by atoms with Crippen molar-refractivity contribution in [3.05, 3.63) is 40.4 Å². The molecule has 0 aliphatic heterocycles. The number of carbonyl (C=O) groups is 5. The van der Waals surface area contributed by atoms with Crippen molar-refractivity contribution < 1.29 is 97.6 Å². The summed E-state index contributed by atoms with van der Waals surface area (Å²) in [5.74, 6) is -5.42. The largest absolute Gasteiger partial charge is 1.00 e. The smallest absolute Gasteiger partial charge is 1.00 e. The molecule has 0 aromatic heterocycles. The van der Waals surface area contributed by atoms with E-state index in [9.17, 15) is 0 Å². The minimum atomic E-state index is -1.08. The molecule has 0 atom stereocenters. The number of carboxylic acid groups (broad SMARTS) is 5. The average Bonchev–Trinajstić information content (AvgIpc) is 2.35. The van der Waals surface area contributed by atoms with Gasteiger partial charge < -0.3 is 43.7 Å². The first kappa shape index (κ1) is 50.6. The van der Waals surface area contributed by atoms with Crippen LogP contribution in [0.5, 0.6) is 0 Å². The fraction of sp³-hybridized carbons (Fsp3) is 0.286. The molecule has 0 spiro atoms. The van der Waals surface area contributed by atoms with E-state index in [0.717, 1.165) is 13.1 Å². The second-order valence-electron chi connectivity index (χ2n) is 3.26. The van der Waals surface area contributed by atoms with E-state index >= 15 is 0 Å². The molecule has 29 heavy (non-hydrogen) atoms. The summed E-state index contributed by atoms with van der Waals surface area (Å²) in [6, 6.07) is 0. The Morgan fingerprint density at radius 3 is 1.00 bits per heavy atom. The van der Waals surface area contributed by atoms with Gasteiger partial charge in [-0.1, -0.05) is 0 Å². The summed E-state index contributed by atoms with van der Waals surface area (Å²) in [6.45, 7) is 15.5. The van der Waals surface area contributed by atoms with Crippen molar-refractivity contribution >= 4 is 29.8 Å². The van der Waals surface area contributed by atoms with Crippen LogP contribution in [0.25, 0.3) is 5.73 Å². The molecule has 9 N–H and O–H groups in total. The van der Waals surface area contributed by atoms with Crippen molar-refractivity contribution in [2.75, 3.05) is 26.2 Å². The van der Waals surface area contributed by atoms with Gasteiger partial charge >= 0.3 is 29.6 Å². The first-order valence-corrected chi connectivity index (χ1v) is 6.38. The fourth-order valence-corrected chi connectivity index (χ4v) is 0.315. The zero-order valence-electron chi connectivity index (χ0n) is 17.1. The maximum atomic E-state index is 8.89. The minimum Gasteiger partial charge on any atom is -1.00 e. The molecule has 0 saturated heterocycles. The van der Waals surface area contributed by atoms with Crippen molar-refractivity contribution in [2.45, 2.75) is 0 Å². The number of rotatable bonds is 4. The number of hydrogen-bond acceptors (Lipinski definition) is 7. The molecule has 0 heterocycles. The second-order valence-corrected chi connectivity index (χ2v) is 3.26. The van der Waals surface area contributed by atoms with Gasteiger partial charge in [0.1, 0.15) is 0 Å². The molecule has 0 rings (SSSR count). The number of carboxylic acids is 5. The zero-order chi connectivity index (χ0) is 23.4. The Hall–Kier alpha value is -1.90. The number of nitrogens with two attached hydrogens (primary N) is 1. The van der Waals surface area contributed by atoms with Gasteiger partial charge in [-0.05, 0) is 6.54 Å². The molecule has 13 nitrogen and oxygen atoms in total. The normalized spacial score (nSPS) is 6.41. The maximum absolute atomic E-state index is 8.89. The van der Waals surface area contributed by atoms with E-state index < -0.39 is 29.8 Å². The molecule has 0 aromatic carbocycles. The van der Waals surface area contributed by atoms with Gasteiger partial charge in [-0.25, -0.2) is 0 Å². The van der Waals surface area contributed by atoms with Gasteiger partial charge in [-0.15, -0.1) is 6.54 Å². The molecule has 0 saturated carbocycles. The van der Waals surface area contributed by atoms with Crippen LogP contribution in [0.1, 0.15) is 1.43 Å². The molecule has 0 amide bonds. The van der Waals surface area contributed by atoms with Crippen LogP contribution >= 0.6 is 0 Å². The third kappa shape index (κ3) is 3440.